The minimum absolute atomic E-state index is 0.0921. The maximum atomic E-state index is 15.6. The van der Waals surface area contributed by atoms with E-state index >= 15 is 4.79 Å². The van der Waals surface area contributed by atoms with Crippen LogP contribution in [0.2, 0.25) is 56.4 Å². The average Bonchev–Trinajstić information content (AvgIpc) is 1.26. The molecule has 10 atom stereocenters. The summed E-state index contributed by atoms with van der Waals surface area (Å²) in [5.41, 5.74) is 2.59. The molecule has 1 N–H and O–H groups in total. The highest BCUT2D eigenvalue weighted by Crippen LogP contribution is 2.49. The van der Waals surface area contributed by atoms with Crippen molar-refractivity contribution in [1.82, 2.24) is 4.98 Å². The van der Waals surface area contributed by atoms with Crippen LogP contribution in [-0.2, 0) is 58.0 Å². The van der Waals surface area contributed by atoms with Crippen molar-refractivity contribution in [3.63, 3.8) is 0 Å². The predicted octanol–water partition coefficient (Wildman–Crippen LogP) is 18.6. The molecule has 15 nitrogen and oxygen atoms in total. The third kappa shape index (κ3) is 18.5. The van der Waals surface area contributed by atoms with Crippen LogP contribution in [-0.4, -0.2) is 108 Å². The molecule has 0 saturated carbocycles. The standard InChI is InChI=1S/C71H112ClNO14SSi3/c1-25-28-53-62(49(16)30-27-29-48(15)31-34-56(52-33-36-58-55(39-52)73-50(17)88-58)81-60(74)40-59(71(21,22)66(53)76)85-89(23,24)70(18,19)20)84-69(78)80-41-51-32-35-57(54(72)38-51)82-68-64(87-91(45(9)10,46(11)12)47(13)14)61(75)63(65(83-68)67(77)79-37-26-2)86-90(42(3)4,43(5)6)44(7)8/h25-26,31-33,35-36,38-39,42-47,49,53,56,59,61-65,68,75H,1-2,27-30,34,37,40-41H2,3-24H3/b48-31-/t49-,53+,56-,59-,61-,62-,63-,64+,65-,68+/m0/s1. The third-order valence-electron chi connectivity index (χ3n) is 19.8. The minimum Gasteiger partial charge on any atom is -0.460 e. The van der Waals surface area contributed by atoms with Crippen LogP contribution in [0.1, 0.15) is 192 Å². The molecule has 20 heteroatoms. The number of aromatic nitrogens is 1. The fourth-order valence-corrected chi connectivity index (χ4v) is 27.5. The van der Waals surface area contributed by atoms with Gasteiger partial charge in [0.05, 0.1) is 38.7 Å². The van der Waals surface area contributed by atoms with E-state index in [1.54, 1.807) is 35.6 Å². The number of carbonyl (C=O) groups excluding carboxylic acids is 4. The van der Waals surface area contributed by atoms with Crippen molar-refractivity contribution in [1.29, 1.82) is 0 Å². The van der Waals surface area contributed by atoms with Crippen molar-refractivity contribution in [2.75, 3.05) is 6.61 Å². The molecule has 3 heterocycles. The monoisotopic (exact) mass is 1350 g/mol. The molecule has 2 aliphatic rings. The second-order valence-electron chi connectivity index (χ2n) is 29.5. The molecule has 2 aliphatic heterocycles. The molecule has 0 amide bonds. The molecular formula is C71H112ClNO14SSi3. The lowest BCUT2D eigenvalue weighted by molar-refractivity contribution is -0.266. The van der Waals surface area contributed by atoms with Gasteiger partial charge in [0.2, 0.25) is 22.9 Å². The van der Waals surface area contributed by atoms with Gasteiger partial charge in [-0.2, -0.15) is 0 Å². The first-order valence-electron chi connectivity index (χ1n) is 33.1. The zero-order chi connectivity index (χ0) is 68.5. The number of fused-ring (bicyclic) bond motifs is 1. The zero-order valence-corrected chi connectivity index (χ0v) is 63.6. The van der Waals surface area contributed by atoms with Crippen LogP contribution in [0.3, 0.4) is 0 Å². The topological polar surface area (TPSA) is 184 Å². The molecule has 5 rings (SSSR count). The molecule has 1 aromatic heterocycles. The first-order valence-corrected chi connectivity index (χ1v) is 41.5. The number of benzene rings is 2. The number of Topliss-reactive ketones (excluding diaryl/α,β-unsaturated/α-hetero) is 1. The number of ketones is 1. The molecule has 0 radical (unpaired) electrons. The Hall–Kier alpha value is -4.03. The number of ether oxygens (including phenoxy) is 6. The summed E-state index contributed by atoms with van der Waals surface area (Å²) >= 11 is 8.73. The number of aliphatic hydroxyl groups is 1. The summed E-state index contributed by atoms with van der Waals surface area (Å²) in [4.78, 5) is 63.4. The highest BCUT2D eigenvalue weighted by atomic mass is 35.5. The van der Waals surface area contributed by atoms with E-state index in [4.69, 9.17) is 58.3 Å². The van der Waals surface area contributed by atoms with Crippen molar-refractivity contribution in [3.8, 4) is 5.75 Å². The molecule has 0 unspecified atom stereocenters. The third-order valence-corrected chi connectivity index (χ3v) is 37.8. The number of thiazole rings is 1. The Kier molecular flexibility index (Phi) is 27.8. The normalized spacial score (nSPS) is 25.2. The number of aryl methyl sites for hydroxylation is 1. The van der Waals surface area contributed by atoms with Gasteiger partial charge in [-0.15, -0.1) is 17.9 Å². The van der Waals surface area contributed by atoms with E-state index < -0.39 is 103 Å². The summed E-state index contributed by atoms with van der Waals surface area (Å²) < 4.78 is 60.7. The van der Waals surface area contributed by atoms with E-state index in [0.717, 1.165) is 26.4 Å². The van der Waals surface area contributed by atoms with Gasteiger partial charge in [-0.05, 0) is 132 Å². The Balaban J connectivity index is 1.49. The van der Waals surface area contributed by atoms with Crippen molar-refractivity contribution in [3.05, 3.63) is 94.5 Å². The molecule has 510 valence electrons. The van der Waals surface area contributed by atoms with Crippen LogP contribution in [0.25, 0.3) is 10.2 Å². The van der Waals surface area contributed by atoms with E-state index in [0.29, 0.717) is 31.2 Å². The van der Waals surface area contributed by atoms with Crippen molar-refractivity contribution < 1.29 is 66.0 Å². The quantitative estimate of drug-likeness (QED) is 0.0409. The Morgan fingerprint density at radius 1 is 0.835 bits per heavy atom. The van der Waals surface area contributed by atoms with Crippen molar-refractivity contribution >= 4 is 82.0 Å². The number of allylic oxidation sites excluding steroid dienone is 2. The van der Waals surface area contributed by atoms with Crippen molar-refractivity contribution in [2.45, 2.75) is 284 Å². The van der Waals surface area contributed by atoms with E-state index in [1.165, 1.54) is 6.08 Å². The molecule has 1 fully saturated rings. The van der Waals surface area contributed by atoms with Gasteiger partial charge in [0, 0.05) is 11.8 Å². The zero-order valence-electron chi connectivity index (χ0n) is 59.0. The Labute approximate surface area is 557 Å². The first-order chi connectivity index (χ1) is 42.3. The van der Waals surface area contributed by atoms with Crippen LogP contribution in [0.4, 0.5) is 4.79 Å². The van der Waals surface area contributed by atoms with Gasteiger partial charge >= 0.3 is 18.1 Å². The minimum atomic E-state index is -2.82. The van der Waals surface area contributed by atoms with Gasteiger partial charge in [-0.3, -0.25) is 9.59 Å². The molecule has 0 aliphatic carbocycles. The summed E-state index contributed by atoms with van der Waals surface area (Å²) in [6, 6.07) is 10.9. The van der Waals surface area contributed by atoms with Crippen LogP contribution < -0.4 is 4.74 Å². The van der Waals surface area contributed by atoms with Crippen LogP contribution in [0.5, 0.6) is 5.75 Å². The maximum absolute atomic E-state index is 15.6. The van der Waals surface area contributed by atoms with E-state index in [2.05, 4.69) is 143 Å². The Morgan fingerprint density at radius 2 is 1.43 bits per heavy atom. The van der Waals surface area contributed by atoms with Gasteiger partial charge in [-0.25, -0.2) is 14.6 Å². The number of carbonyl (C=O) groups is 4. The van der Waals surface area contributed by atoms with Gasteiger partial charge in [0.1, 0.15) is 55.3 Å². The smallest absolute Gasteiger partial charge is 0.460 e. The van der Waals surface area contributed by atoms with Crippen molar-refractivity contribution in [2.24, 2.45) is 17.3 Å². The number of halogens is 1. The summed E-state index contributed by atoms with van der Waals surface area (Å²) in [5, 5.41) is 13.7. The van der Waals surface area contributed by atoms with E-state index in [9.17, 15) is 19.5 Å². The number of rotatable bonds is 23. The summed E-state index contributed by atoms with van der Waals surface area (Å²) in [7, 11) is -8.28. The van der Waals surface area contributed by atoms with Gasteiger partial charge < -0.3 is 46.8 Å². The van der Waals surface area contributed by atoms with Gasteiger partial charge in [0.25, 0.3) is 0 Å². The molecule has 1 saturated heterocycles. The fourth-order valence-electron chi connectivity index (χ4n) is 13.9. The lowest BCUT2D eigenvalue weighted by Gasteiger charge is -2.53. The van der Waals surface area contributed by atoms with Gasteiger partial charge in [0.15, 0.2) is 14.4 Å². The van der Waals surface area contributed by atoms with Crippen LogP contribution in [0.15, 0.2) is 73.4 Å². The molecule has 3 aromatic rings. The number of cyclic esters (lactones) is 1. The fraction of sp³-hybridized carbons (Fsp3) is 0.676. The van der Waals surface area contributed by atoms with E-state index in [-0.39, 0.29) is 86.8 Å². The molecule has 0 spiro atoms. The van der Waals surface area contributed by atoms with Gasteiger partial charge in [-0.1, -0.05) is 179 Å². The molecule has 91 heavy (non-hydrogen) atoms. The summed E-state index contributed by atoms with van der Waals surface area (Å²) in [6.45, 7) is 53.4. The number of nitrogens with zero attached hydrogens (tertiary/aromatic N) is 1. The summed E-state index contributed by atoms with van der Waals surface area (Å²) in [5.74, 6) is -2.54. The lowest BCUT2D eigenvalue weighted by atomic mass is 9.71. The largest absolute Gasteiger partial charge is 0.508 e. The lowest BCUT2D eigenvalue weighted by Crippen LogP contribution is -2.68. The average molecular weight is 1360 g/mol. The predicted molar refractivity (Wildman–Crippen MR) is 373 cm³/mol. The Bertz CT molecular complexity index is 2940. The molecule has 0 bridgehead atoms. The highest BCUT2D eigenvalue weighted by molar-refractivity contribution is 7.18. The second-order valence-corrected chi connectivity index (χ2v) is 46.7. The number of aliphatic hydroxyl groups excluding tert-OH is 1. The number of hydrogen-bond donors (Lipinski definition) is 1. The molecule has 2 aromatic carbocycles. The number of hydrogen-bond acceptors (Lipinski definition) is 16. The SMILES string of the molecule is C=CCOC(=O)[C@H]1O[C@@H](Oc2ccc(COC(=O)O[C@H]3[C@@H](C)CCC/C(C)=C\C[C@@H](c4ccc5sc(C)nc5c4)OC(=O)C[C@H](O[Si](C)(C)C(C)(C)C)C(C)(C)C(=O)[C@@H]3CC=C)cc2Cl)[C@H](O[Si](C(C)C)(C(C)C)C(C)C)[C@@H](O)[C@@H]1O[Si](C(C)C)(C(C)C)C(C)C. The first kappa shape index (κ1) is 77.7. The maximum Gasteiger partial charge on any atom is 0.508 e. The second kappa shape index (κ2) is 32.6. The molecular weight excluding hydrogens is 1240 g/mol. The summed E-state index contributed by atoms with van der Waals surface area (Å²) in [6.07, 6.45) is -2.26. The highest BCUT2D eigenvalue weighted by Gasteiger charge is 2.59. The van der Waals surface area contributed by atoms with Crippen LogP contribution >= 0.6 is 22.9 Å². The Morgan fingerprint density at radius 3 is 1.98 bits per heavy atom. The van der Waals surface area contributed by atoms with Crippen LogP contribution in [0, 0.1) is 24.2 Å². The van der Waals surface area contributed by atoms with E-state index in [1.807, 2.05) is 45.9 Å². The number of esters is 2.